The lowest BCUT2D eigenvalue weighted by Crippen LogP contribution is -2.51. The number of nitrogens with one attached hydrogen (secondary N) is 1. The van der Waals surface area contributed by atoms with Crippen molar-refractivity contribution >= 4 is 6.03 Å². The molecule has 1 N–H and O–H groups in total. The summed E-state index contributed by atoms with van der Waals surface area (Å²) < 4.78 is 7.57. The number of rotatable bonds is 1. The molecule has 2 saturated heterocycles. The van der Waals surface area contributed by atoms with Gasteiger partial charge in [-0.15, -0.1) is 10.2 Å². The monoisotopic (exact) mass is 320 g/mol. The lowest BCUT2D eigenvalue weighted by molar-refractivity contribution is 0.0345. The van der Waals surface area contributed by atoms with Crippen LogP contribution in [0, 0.1) is 0 Å². The van der Waals surface area contributed by atoms with Crippen LogP contribution in [0.15, 0.2) is 0 Å². The summed E-state index contributed by atoms with van der Waals surface area (Å²) in [5.74, 6) is 1.94. The van der Waals surface area contributed by atoms with E-state index in [9.17, 15) is 4.79 Å². The van der Waals surface area contributed by atoms with Crippen LogP contribution in [-0.4, -0.2) is 70.0 Å². The molecule has 1 aromatic rings. The molecule has 2 amide bonds. The minimum Gasteiger partial charge on any atom is -0.378 e. The molecule has 4 heterocycles. The molecule has 0 spiro atoms. The fourth-order valence-corrected chi connectivity index (χ4v) is 3.73. The normalized spacial score (nSPS) is 25.3. The van der Waals surface area contributed by atoms with Gasteiger partial charge in [-0.2, -0.15) is 0 Å². The molecule has 0 aromatic carbocycles. The average molecular weight is 320 g/mol. The van der Waals surface area contributed by atoms with Crippen LogP contribution in [-0.2, 0) is 17.8 Å². The molecule has 4 rings (SSSR count). The zero-order valence-electron chi connectivity index (χ0n) is 13.4. The Morgan fingerprint density at radius 1 is 1.13 bits per heavy atom. The SMILES string of the molecule is O=C(N1CCOCC1)N1CCCCC1c1nnc2n1CCNC2. The van der Waals surface area contributed by atoms with Gasteiger partial charge in [-0.3, -0.25) is 0 Å². The summed E-state index contributed by atoms with van der Waals surface area (Å²) in [5.41, 5.74) is 0. The summed E-state index contributed by atoms with van der Waals surface area (Å²) in [6.07, 6.45) is 3.18. The largest absolute Gasteiger partial charge is 0.378 e. The smallest absolute Gasteiger partial charge is 0.320 e. The van der Waals surface area contributed by atoms with Crippen molar-refractivity contribution in [1.82, 2.24) is 29.9 Å². The lowest BCUT2D eigenvalue weighted by Gasteiger charge is -2.39. The molecule has 8 nitrogen and oxygen atoms in total. The van der Waals surface area contributed by atoms with Crippen molar-refractivity contribution in [1.29, 1.82) is 0 Å². The van der Waals surface area contributed by atoms with E-state index in [1.165, 1.54) is 0 Å². The van der Waals surface area contributed by atoms with E-state index >= 15 is 0 Å². The first-order chi connectivity index (χ1) is 11.3. The Morgan fingerprint density at radius 3 is 2.87 bits per heavy atom. The van der Waals surface area contributed by atoms with E-state index in [0.29, 0.717) is 26.3 Å². The quantitative estimate of drug-likeness (QED) is 0.809. The van der Waals surface area contributed by atoms with Crippen molar-refractivity contribution in [2.24, 2.45) is 0 Å². The molecule has 2 fully saturated rings. The van der Waals surface area contributed by atoms with Crippen molar-refractivity contribution in [2.45, 2.75) is 38.4 Å². The van der Waals surface area contributed by atoms with Gasteiger partial charge in [0, 0.05) is 32.7 Å². The number of aromatic nitrogens is 3. The first-order valence-electron chi connectivity index (χ1n) is 8.60. The maximum Gasteiger partial charge on any atom is 0.320 e. The van der Waals surface area contributed by atoms with E-state index in [2.05, 4.69) is 20.1 Å². The van der Waals surface area contributed by atoms with Crippen LogP contribution >= 0.6 is 0 Å². The van der Waals surface area contributed by atoms with Gasteiger partial charge in [0.25, 0.3) is 0 Å². The molecular formula is C15H24N6O2. The van der Waals surface area contributed by atoms with Gasteiger partial charge in [-0.25, -0.2) is 4.79 Å². The maximum absolute atomic E-state index is 13.0. The highest BCUT2D eigenvalue weighted by atomic mass is 16.5. The Kier molecular flexibility index (Phi) is 4.17. The number of carbonyl (C=O) groups is 1. The second-order valence-corrected chi connectivity index (χ2v) is 6.39. The molecule has 0 saturated carbocycles. The highest BCUT2D eigenvalue weighted by Crippen LogP contribution is 2.31. The summed E-state index contributed by atoms with van der Waals surface area (Å²) in [4.78, 5) is 16.9. The highest BCUT2D eigenvalue weighted by Gasteiger charge is 2.35. The molecule has 3 aliphatic rings. The zero-order chi connectivity index (χ0) is 15.6. The summed E-state index contributed by atoms with van der Waals surface area (Å²) in [6, 6.07) is 0.183. The zero-order valence-corrected chi connectivity index (χ0v) is 13.4. The minimum atomic E-state index is 0.0541. The molecule has 1 aromatic heterocycles. The highest BCUT2D eigenvalue weighted by molar-refractivity contribution is 5.75. The summed E-state index contributed by atoms with van der Waals surface area (Å²) in [5, 5.41) is 12.1. The van der Waals surface area contributed by atoms with Crippen molar-refractivity contribution in [3.8, 4) is 0 Å². The predicted molar refractivity (Wildman–Crippen MR) is 82.8 cm³/mol. The van der Waals surface area contributed by atoms with Crippen LogP contribution < -0.4 is 5.32 Å². The Labute approximate surface area is 135 Å². The van der Waals surface area contributed by atoms with Gasteiger partial charge < -0.3 is 24.4 Å². The maximum atomic E-state index is 13.0. The van der Waals surface area contributed by atoms with Gasteiger partial charge in [-0.05, 0) is 19.3 Å². The van der Waals surface area contributed by atoms with E-state index < -0.39 is 0 Å². The van der Waals surface area contributed by atoms with E-state index in [1.807, 2.05) is 9.80 Å². The Hall–Kier alpha value is -1.67. The number of amides is 2. The molecule has 1 unspecified atom stereocenters. The number of piperidine rings is 1. The third kappa shape index (κ3) is 2.81. The number of morpholine rings is 1. The van der Waals surface area contributed by atoms with E-state index in [-0.39, 0.29) is 12.1 Å². The molecule has 8 heteroatoms. The second kappa shape index (κ2) is 6.45. The minimum absolute atomic E-state index is 0.0541. The topological polar surface area (TPSA) is 75.5 Å². The van der Waals surface area contributed by atoms with Crippen molar-refractivity contribution < 1.29 is 9.53 Å². The van der Waals surface area contributed by atoms with Crippen LogP contribution in [0.1, 0.15) is 37.0 Å². The standard InChI is InChI=1S/C15H24N6O2/c22-15(19-7-9-23-10-8-19)20-5-2-1-3-12(20)14-18-17-13-11-16-4-6-21(13)14/h12,16H,1-11H2. The van der Waals surface area contributed by atoms with Gasteiger partial charge in [0.15, 0.2) is 5.82 Å². The van der Waals surface area contributed by atoms with Gasteiger partial charge in [0.1, 0.15) is 5.82 Å². The van der Waals surface area contributed by atoms with E-state index in [0.717, 1.165) is 57.1 Å². The van der Waals surface area contributed by atoms with Crippen LogP contribution in [0.5, 0.6) is 0 Å². The number of carbonyl (C=O) groups excluding carboxylic acids is 1. The number of hydrogen-bond acceptors (Lipinski definition) is 5. The van der Waals surface area contributed by atoms with Gasteiger partial charge >= 0.3 is 6.03 Å². The van der Waals surface area contributed by atoms with Crippen LogP contribution in [0.25, 0.3) is 0 Å². The summed E-state index contributed by atoms with van der Waals surface area (Å²) in [6.45, 7) is 6.02. The first-order valence-corrected chi connectivity index (χ1v) is 8.60. The van der Waals surface area contributed by atoms with Crippen molar-refractivity contribution in [3.63, 3.8) is 0 Å². The predicted octanol–water partition coefficient (Wildman–Crippen LogP) is 0.361. The number of ether oxygens (including phenoxy) is 1. The third-order valence-corrected chi connectivity index (χ3v) is 4.98. The fraction of sp³-hybridized carbons (Fsp3) is 0.800. The molecule has 0 radical (unpaired) electrons. The van der Waals surface area contributed by atoms with Gasteiger partial charge in [0.2, 0.25) is 0 Å². The molecule has 0 aliphatic carbocycles. The van der Waals surface area contributed by atoms with E-state index in [4.69, 9.17) is 4.74 Å². The van der Waals surface area contributed by atoms with E-state index in [1.54, 1.807) is 0 Å². The van der Waals surface area contributed by atoms with Gasteiger partial charge in [0.05, 0.1) is 25.8 Å². The molecule has 126 valence electrons. The number of likely N-dealkylation sites (tertiary alicyclic amines) is 1. The Balaban J connectivity index is 1.58. The van der Waals surface area contributed by atoms with Crippen LogP contribution in [0.3, 0.4) is 0 Å². The van der Waals surface area contributed by atoms with Crippen molar-refractivity contribution in [2.75, 3.05) is 39.4 Å². The molecule has 0 bridgehead atoms. The third-order valence-electron chi connectivity index (χ3n) is 4.98. The summed E-state index contributed by atoms with van der Waals surface area (Å²) in [7, 11) is 0. The second-order valence-electron chi connectivity index (χ2n) is 6.39. The molecule has 1 atom stereocenters. The Bertz CT molecular complexity index is 568. The number of nitrogens with zero attached hydrogens (tertiary/aromatic N) is 5. The lowest BCUT2D eigenvalue weighted by atomic mass is 10.0. The Morgan fingerprint density at radius 2 is 2.00 bits per heavy atom. The average Bonchev–Trinajstić information content (AvgIpc) is 3.06. The fourth-order valence-electron chi connectivity index (χ4n) is 3.73. The summed E-state index contributed by atoms with van der Waals surface area (Å²) >= 11 is 0. The van der Waals surface area contributed by atoms with Gasteiger partial charge in [-0.1, -0.05) is 0 Å². The van der Waals surface area contributed by atoms with Crippen molar-refractivity contribution in [3.05, 3.63) is 11.6 Å². The number of hydrogen-bond donors (Lipinski definition) is 1. The van der Waals surface area contributed by atoms with Crippen LogP contribution in [0.4, 0.5) is 4.79 Å². The number of urea groups is 1. The molecule has 23 heavy (non-hydrogen) atoms. The molecule has 3 aliphatic heterocycles. The van der Waals surface area contributed by atoms with Crippen LogP contribution in [0.2, 0.25) is 0 Å². The number of fused-ring (bicyclic) bond motifs is 1. The molecular weight excluding hydrogens is 296 g/mol. The first kappa shape index (κ1) is 14.9.